The van der Waals surface area contributed by atoms with E-state index >= 15 is 0 Å². The fourth-order valence-corrected chi connectivity index (χ4v) is 4.37. The summed E-state index contributed by atoms with van der Waals surface area (Å²) in [7, 11) is 1.61. The first-order chi connectivity index (χ1) is 16.2. The Balaban J connectivity index is 1.16. The molecule has 1 aliphatic rings. The number of nitrogens with one attached hydrogen (secondary N) is 1. The van der Waals surface area contributed by atoms with E-state index in [9.17, 15) is 4.79 Å². The van der Waals surface area contributed by atoms with E-state index in [-0.39, 0.29) is 11.7 Å². The zero-order valence-electron chi connectivity index (χ0n) is 18.2. The van der Waals surface area contributed by atoms with Crippen LogP contribution in [0.25, 0.3) is 22.8 Å². The van der Waals surface area contributed by atoms with E-state index in [1.165, 1.54) is 30.3 Å². The minimum Gasteiger partial charge on any atom is -0.497 e. The fourth-order valence-electron chi connectivity index (χ4n) is 3.81. The number of methoxy groups -OCH3 is 1. The number of benzene rings is 2. The predicted octanol–water partition coefficient (Wildman–Crippen LogP) is 4.68. The van der Waals surface area contributed by atoms with E-state index in [2.05, 4.69) is 25.1 Å². The molecule has 3 heterocycles. The molecule has 4 aromatic rings. The van der Waals surface area contributed by atoms with Gasteiger partial charge in [-0.2, -0.15) is 0 Å². The number of hydrogen-bond acceptors (Lipinski definition) is 7. The van der Waals surface area contributed by atoms with Crippen LogP contribution in [-0.4, -0.2) is 38.5 Å². The van der Waals surface area contributed by atoms with Crippen molar-refractivity contribution in [1.82, 2.24) is 19.7 Å². The van der Waals surface area contributed by atoms with E-state index in [1.54, 1.807) is 7.11 Å². The number of carbonyl (C=O) groups is 1. The molecule has 5 rings (SSSR count). The largest absolute Gasteiger partial charge is 0.497 e. The molecule has 0 unspecified atom stereocenters. The van der Waals surface area contributed by atoms with E-state index in [0.29, 0.717) is 11.1 Å². The molecule has 0 radical (unpaired) electrons. The summed E-state index contributed by atoms with van der Waals surface area (Å²) in [6.45, 7) is 1.01. The second kappa shape index (κ2) is 9.50. The first-order valence-electron chi connectivity index (χ1n) is 10.7. The summed E-state index contributed by atoms with van der Waals surface area (Å²) >= 11 is 1.20. The molecule has 0 saturated carbocycles. The third-order valence-corrected chi connectivity index (χ3v) is 6.32. The zero-order valence-corrected chi connectivity index (χ0v) is 19.0. The van der Waals surface area contributed by atoms with Gasteiger partial charge in [-0.3, -0.25) is 4.79 Å². The van der Waals surface area contributed by atoms with Gasteiger partial charge in [-0.15, -0.1) is 10.2 Å². The predicted molar refractivity (Wildman–Crippen MR) is 126 cm³/mol. The van der Waals surface area contributed by atoms with Crippen LogP contribution in [-0.2, 0) is 17.8 Å². The summed E-state index contributed by atoms with van der Waals surface area (Å²) in [5, 5.41) is 11.3. The van der Waals surface area contributed by atoms with Crippen molar-refractivity contribution >= 4 is 23.4 Å². The molecule has 1 N–H and O–H groups in total. The Morgan fingerprint density at radius 2 is 1.88 bits per heavy atom. The third-order valence-electron chi connectivity index (χ3n) is 5.50. The number of thioether (sulfide) groups is 1. The maximum atomic E-state index is 12.4. The number of nitrogens with zero attached hydrogens (tertiary/aromatic N) is 4. The normalized spacial score (nSPS) is 12.9. The molecular formula is C24H23N5O3S. The average Bonchev–Trinajstić information content (AvgIpc) is 3.51. The standard InChI is InChI=1S/C24H23N5O3S/c1-31-20-11-7-17(8-12-20)23-27-28-24(32-23)33-15-21(30)26-18-9-5-16(6-10-18)22-25-14-19-4-2-3-13-29(19)22/h5-12,14H,2-4,13,15H2,1H3,(H,26,30). The SMILES string of the molecule is COc1ccc(-c2nnc(SCC(=O)Nc3ccc(-c4ncc5n4CCCC5)cc3)o2)cc1. The average molecular weight is 462 g/mol. The molecule has 168 valence electrons. The van der Waals surface area contributed by atoms with Gasteiger partial charge in [0.2, 0.25) is 11.8 Å². The van der Waals surface area contributed by atoms with Crippen LogP contribution >= 0.6 is 11.8 Å². The van der Waals surface area contributed by atoms with Gasteiger partial charge in [0, 0.05) is 35.2 Å². The smallest absolute Gasteiger partial charge is 0.277 e. The van der Waals surface area contributed by atoms with Gasteiger partial charge in [0.15, 0.2) is 0 Å². The zero-order chi connectivity index (χ0) is 22.6. The van der Waals surface area contributed by atoms with Crippen molar-refractivity contribution in [3.63, 3.8) is 0 Å². The lowest BCUT2D eigenvalue weighted by Crippen LogP contribution is -2.14. The van der Waals surface area contributed by atoms with Crippen molar-refractivity contribution < 1.29 is 13.9 Å². The minimum absolute atomic E-state index is 0.143. The Labute approximate surface area is 195 Å². The number of anilines is 1. The molecule has 2 aromatic carbocycles. The van der Waals surface area contributed by atoms with Gasteiger partial charge >= 0.3 is 0 Å². The van der Waals surface area contributed by atoms with Crippen LogP contribution in [0.3, 0.4) is 0 Å². The summed E-state index contributed by atoms with van der Waals surface area (Å²) in [5.41, 5.74) is 3.87. The molecule has 1 aliphatic heterocycles. The third kappa shape index (κ3) is 4.78. The molecular weight excluding hydrogens is 438 g/mol. The highest BCUT2D eigenvalue weighted by atomic mass is 32.2. The van der Waals surface area contributed by atoms with E-state index in [0.717, 1.165) is 41.4 Å². The fraction of sp³-hybridized carbons (Fsp3) is 0.250. The molecule has 0 bridgehead atoms. The van der Waals surface area contributed by atoms with Gasteiger partial charge in [0.1, 0.15) is 11.6 Å². The highest BCUT2D eigenvalue weighted by Gasteiger charge is 2.15. The van der Waals surface area contributed by atoms with Gasteiger partial charge in [-0.1, -0.05) is 11.8 Å². The maximum Gasteiger partial charge on any atom is 0.277 e. The molecule has 9 heteroatoms. The maximum absolute atomic E-state index is 12.4. The van der Waals surface area contributed by atoms with Crippen LogP contribution in [0.15, 0.2) is 64.4 Å². The second-order valence-electron chi connectivity index (χ2n) is 7.70. The van der Waals surface area contributed by atoms with E-state index < -0.39 is 0 Å². The molecule has 33 heavy (non-hydrogen) atoms. The van der Waals surface area contributed by atoms with E-state index in [4.69, 9.17) is 9.15 Å². The van der Waals surface area contributed by atoms with Gasteiger partial charge in [-0.25, -0.2) is 4.98 Å². The number of imidazole rings is 1. The lowest BCUT2D eigenvalue weighted by atomic mass is 10.1. The van der Waals surface area contributed by atoms with Crippen LogP contribution in [0.4, 0.5) is 5.69 Å². The van der Waals surface area contributed by atoms with Gasteiger partial charge in [-0.05, 0) is 67.8 Å². The molecule has 0 spiro atoms. The Bertz CT molecular complexity index is 1250. The Morgan fingerprint density at radius 1 is 1.09 bits per heavy atom. The Hall–Kier alpha value is -3.59. The molecule has 2 aromatic heterocycles. The van der Waals surface area contributed by atoms with Crippen molar-refractivity contribution in [2.75, 3.05) is 18.2 Å². The van der Waals surface area contributed by atoms with Crippen LogP contribution in [0.1, 0.15) is 18.5 Å². The second-order valence-corrected chi connectivity index (χ2v) is 8.62. The highest BCUT2D eigenvalue weighted by molar-refractivity contribution is 7.99. The number of amides is 1. The van der Waals surface area contributed by atoms with Gasteiger partial charge in [0.25, 0.3) is 5.22 Å². The monoisotopic (exact) mass is 461 g/mol. The van der Waals surface area contributed by atoms with Crippen LogP contribution in [0.2, 0.25) is 0 Å². The first kappa shape index (κ1) is 21.3. The highest BCUT2D eigenvalue weighted by Crippen LogP contribution is 2.27. The molecule has 8 nitrogen and oxygen atoms in total. The number of aromatic nitrogens is 4. The van der Waals surface area contributed by atoms with Crippen molar-refractivity contribution in [3.05, 3.63) is 60.4 Å². The van der Waals surface area contributed by atoms with Gasteiger partial charge < -0.3 is 19.0 Å². The summed E-state index contributed by atoms with van der Waals surface area (Å²) in [6, 6.07) is 15.1. The van der Waals surface area contributed by atoms with Crippen molar-refractivity contribution in [2.24, 2.45) is 0 Å². The summed E-state index contributed by atoms with van der Waals surface area (Å²) < 4.78 is 13.1. The topological polar surface area (TPSA) is 95.1 Å². The number of carbonyl (C=O) groups excluding carboxylic acids is 1. The Morgan fingerprint density at radius 3 is 2.67 bits per heavy atom. The summed E-state index contributed by atoms with van der Waals surface area (Å²) in [4.78, 5) is 17.0. The van der Waals surface area contributed by atoms with Crippen molar-refractivity contribution in [2.45, 2.75) is 31.0 Å². The molecule has 0 atom stereocenters. The first-order valence-corrected chi connectivity index (χ1v) is 11.7. The Kier molecular flexibility index (Phi) is 6.12. The minimum atomic E-state index is -0.143. The van der Waals surface area contributed by atoms with Crippen molar-refractivity contribution in [1.29, 1.82) is 0 Å². The summed E-state index contributed by atoms with van der Waals surface area (Å²) in [6.07, 6.45) is 5.46. The molecule has 0 saturated heterocycles. The molecule has 0 fully saturated rings. The van der Waals surface area contributed by atoms with Crippen LogP contribution < -0.4 is 10.1 Å². The quantitative estimate of drug-likeness (QED) is 0.399. The molecule has 1 amide bonds. The number of rotatable bonds is 7. The van der Waals surface area contributed by atoms with Crippen molar-refractivity contribution in [3.8, 4) is 28.6 Å². The number of hydrogen-bond donors (Lipinski definition) is 1. The number of ether oxygens (including phenoxy) is 1. The number of aryl methyl sites for hydroxylation is 1. The lowest BCUT2D eigenvalue weighted by molar-refractivity contribution is -0.113. The van der Waals surface area contributed by atoms with Crippen LogP contribution in [0.5, 0.6) is 5.75 Å². The summed E-state index contributed by atoms with van der Waals surface area (Å²) in [5.74, 6) is 2.16. The van der Waals surface area contributed by atoms with Gasteiger partial charge in [0.05, 0.1) is 12.9 Å². The molecule has 0 aliphatic carbocycles. The van der Waals surface area contributed by atoms with E-state index in [1.807, 2.05) is 54.7 Å². The number of fused-ring (bicyclic) bond motifs is 1. The lowest BCUT2D eigenvalue weighted by Gasteiger charge is -2.16. The van der Waals surface area contributed by atoms with Crippen LogP contribution in [0, 0.1) is 0 Å².